The number of halogens is 1. The highest BCUT2D eigenvalue weighted by molar-refractivity contribution is 5.70. The largest absolute Gasteiger partial charge is 0.488 e. The number of benzene rings is 1. The summed E-state index contributed by atoms with van der Waals surface area (Å²) in [6.07, 6.45) is 1.97. The predicted octanol–water partition coefficient (Wildman–Crippen LogP) is 3.82. The molecule has 0 radical (unpaired) electrons. The van der Waals surface area contributed by atoms with E-state index in [4.69, 9.17) is 10.5 Å². The van der Waals surface area contributed by atoms with Gasteiger partial charge in [0.1, 0.15) is 0 Å². The third-order valence-electron chi connectivity index (χ3n) is 3.31. The molecular formula is C15H25FN2O. The molecule has 4 heteroatoms. The molecule has 2 N–H and O–H groups in total. The fourth-order valence-electron chi connectivity index (χ4n) is 2.24. The third-order valence-corrected chi connectivity index (χ3v) is 3.31. The van der Waals surface area contributed by atoms with Crippen LogP contribution in [0.25, 0.3) is 0 Å². The first kappa shape index (κ1) is 15.6. The van der Waals surface area contributed by atoms with Gasteiger partial charge in [0.25, 0.3) is 0 Å². The van der Waals surface area contributed by atoms with Crippen LogP contribution in [-0.2, 0) is 0 Å². The zero-order valence-electron chi connectivity index (χ0n) is 12.5. The average molecular weight is 268 g/mol. The molecule has 0 spiro atoms. The van der Waals surface area contributed by atoms with Crippen LogP contribution in [0, 0.1) is 5.82 Å². The highest BCUT2D eigenvalue weighted by Crippen LogP contribution is 2.32. The highest BCUT2D eigenvalue weighted by atomic mass is 19.1. The van der Waals surface area contributed by atoms with Crippen molar-refractivity contribution >= 4 is 11.4 Å². The van der Waals surface area contributed by atoms with E-state index >= 15 is 0 Å². The quantitative estimate of drug-likeness (QED) is 0.797. The van der Waals surface area contributed by atoms with Gasteiger partial charge >= 0.3 is 0 Å². The van der Waals surface area contributed by atoms with Gasteiger partial charge in [-0.25, -0.2) is 4.39 Å². The van der Waals surface area contributed by atoms with Crippen molar-refractivity contribution in [1.82, 2.24) is 0 Å². The van der Waals surface area contributed by atoms with Crippen LogP contribution >= 0.6 is 0 Å². The molecule has 0 atom stereocenters. The van der Waals surface area contributed by atoms with E-state index in [1.54, 1.807) is 6.07 Å². The van der Waals surface area contributed by atoms with E-state index in [9.17, 15) is 4.39 Å². The van der Waals surface area contributed by atoms with Gasteiger partial charge in [0.15, 0.2) is 11.6 Å². The van der Waals surface area contributed by atoms with Crippen molar-refractivity contribution in [2.45, 2.75) is 52.7 Å². The molecule has 0 heterocycles. The van der Waals surface area contributed by atoms with Crippen LogP contribution in [0.4, 0.5) is 15.8 Å². The Hall–Kier alpha value is -1.45. The van der Waals surface area contributed by atoms with Gasteiger partial charge in [-0.2, -0.15) is 0 Å². The van der Waals surface area contributed by atoms with Gasteiger partial charge < -0.3 is 15.4 Å². The minimum atomic E-state index is -0.409. The van der Waals surface area contributed by atoms with Crippen molar-refractivity contribution in [2.24, 2.45) is 0 Å². The maximum Gasteiger partial charge on any atom is 0.167 e. The Balaban J connectivity index is 3.12. The topological polar surface area (TPSA) is 38.5 Å². The molecule has 3 nitrogen and oxygen atoms in total. The summed E-state index contributed by atoms with van der Waals surface area (Å²) < 4.78 is 19.3. The van der Waals surface area contributed by atoms with Gasteiger partial charge in [-0.05, 0) is 26.7 Å². The number of nitrogens with two attached hydrogens (primary N) is 1. The second-order valence-corrected chi connectivity index (χ2v) is 5.09. The standard InChI is InChI=1S/C15H25FN2O/c1-6-11(7-2)18(5)14-9-15(19-10(3)4)12(16)8-13(14)17/h8-11H,6-7,17H2,1-5H3. The van der Waals surface area contributed by atoms with E-state index in [1.807, 2.05) is 20.9 Å². The summed E-state index contributed by atoms with van der Waals surface area (Å²) in [5.74, 6) is -0.148. The number of hydrogen-bond donors (Lipinski definition) is 1. The van der Waals surface area contributed by atoms with Gasteiger partial charge in [0.05, 0.1) is 17.5 Å². The summed E-state index contributed by atoms with van der Waals surface area (Å²) >= 11 is 0. The Morgan fingerprint density at radius 3 is 2.32 bits per heavy atom. The van der Waals surface area contributed by atoms with Crippen molar-refractivity contribution in [3.8, 4) is 5.75 Å². The monoisotopic (exact) mass is 268 g/mol. The zero-order chi connectivity index (χ0) is 14.6. The van der Waals surface area contributed by atoms with Crippen LogP contribution in [0.2, 0.25) is 0 Å². The summed E-state index contributed by atoms with van der Waals surface area (Å²) in [7, 11) is 1.99. The lowest BCUT2D eigenvalue weighted by atomic mass is 10.1. The van der Waals surface area contributed by atoms with Crippen LogP contribution < -0.4 is 15.4 Å². The molecule has 0 saturated carbocycles. The summed E-state index contributed by atoms with van der Waals surface area (Å²) in [5.41, 5.74) is 7.20. The van der Waals surface area contributed by atoms with Crippen LogP contribution in [0.5, 0.6) is 5.75 Å². The third kappa shape index (κ3) is 3.75. The zero-order valence-corrected chi connectivity index (χ0v) is 12.5. The molecule has 0 saturated heterocycles. The maximum atomic E-state index is 13.8. The normalized spacial score (nSPS) is 11.2. The Morgan fingerprint density at radius 1 is 1.26 bits per heavy atom. The first-order chi connectivity index (χ1) is 8.90. The van der Waals surface area contributed by atoms with Crippen molar-refractivity contribution in [3.63, 3.8) is 0 Å². The van der Waals surface area contributed by atoms with Crippen LogP contribution in [-0.4, -0.2) is 19.2 Å². The Bertz CT molecular complexity index is 417. The highest BCUT2D eigenvalue weighted by Gasteiger charge is 2.17. The van der Waals surface area contributed by atoms with E-state index in [0.717, 1.165) is 18.5 Å². The minimum Gasteiger partial charge on any atom is -0.488 e. The molecule has 0 bridgehead atoms. The molecule has 0 fully saturated rings. The number of anilines is 2. The first-order valence-corrected chi connectivity index (χ1v) is 6.89. The fraction of sp³-hybridized carbons (Fsp3) is 0.600. The van der Waals surface area contributed by atoms with Gasteiger partial charge in [-0.3, -0.25) is 0 Å². The van der Waals surface area contributed by atoms with Gasteiger partial charge in [0, 0.05) is 25.2 Å². The maximum absolute atomic E-state index is 13.8. The van der Waals surface area contributed by atoms with E-state index in [0.29, 0.717) is 11.7 Å². The van der Waals surface area contributed by atoms with Crippen LogP contribution in [0.3, 0.4) is 0 Å². The van der Waals surface area contributed by atoms with E-state index < -0.39 is 5.82 Å². The van der Waals surface area contributed by atoms with Crippen LogP contribution in [0.15, 0.2) is 12.1 Å². The van der Waals surface area contributed by atoms with E-state index in [2.05, 4.69) is 18.7 Å². The van der Waals surface area contributed by atoms with Crippen molar-refractivity contribution in [3.05, 3.63) is 17.9 Å². The molecule has 0 aliphatic heterocycles. The van der Waals surface area contributed by atoms with Crippen molar-refractivity contribution in [1.29, 1.82) is 0 Å². The molecule has 0 amide bonds. The van der Waals surface area contributed by atoms with E-state index in [1.165, 1.54) is 6.07 Å². The summed E-state index contributed by atoms with van der Waals surface area (Å²) in [5, 5.41) is 0. The molecule has 0 unspecified atom stereocenters. The Kier molecular flexibility index (Phi) is 5.45. The van der Waals surface area contributed by atoms with Gasteiger partial charge in [0.2, 0.25) is 0 Å². The SMILES string of the molecule is CCC(CC)N(C)c1cc(OC(C)C)c(F)cc1N. The number of rotatable bonds is 6. The Morgan fingerprint density at radius 2 is 1.84 bits per heavy atom. The molecule has 0 aliphatic rings. The summed E-state index contributed by atoms with van der Waals surface area (Å²) in [6, 6.07) is 3.43. The molecule has 0 aliphatic carbocycles. The second kappa shape index (κ2) is 6.64. The first-order valence-electron chi connectivity index (χ1n) is 6.89. The lowest BCUT2D eigenvalue weighted by Crippen LogP contribution is -2.31. The average Bonchev–Trinajstić information content (AvgIpc) is 2.33. The predicted molar refractivity (Wildman–Crippen MR) is 79.3 cm³/mol. The fourth-order valence-corrected chi connectivity index (χ4v) is 2.24. The van der Waals surface area contributed by atoms with Gasteiger partial charge in [-0.15, -0.1) is 0 Å². The molecule has 1 aromatic rings. The molecule has 19 heavy (non-hydrogen) atoms. The number of nitrogen functional groups attached to an aromatic ring is 1. The minimum absolute atomic E-state index is 0.0653. The van der Waals surface area contributed by atoms with Crippen molar-refractivity contribution < 1.29 is 9.13 Å². The lowest BCUT2D eigenvalue weighted by Gasteiger charge is -2.30. The molecule has 1 aromatic carbocycles. The van der Waals surface area contributed by atoms with Crippen molar-refractivity contribution in [2.75, 3.05) is 17.7 Å². The number of nitrogens with zero attached hydrogens (tertiary/aromatic N) is 1. The molecular weight excluding hydrogens is 243 g/mol. The molecule has 0 aromatic heterocycles. The Labute approximate surface area is 115 Å². The molecule has 108 valence electrons. The second-order valence-electron chi connectivity index (χ2n) is 5.09. The molecule has 1 rings (SSSR count). The van der Waals surface area contributed by atoms with E-state index in [-0.39, 0.29) is 11.9 Å². The number of ether oxygens (including phenoxy) is 1. The smallest absolute Gasteiger partial charge is 0.167 e. The lowest BCUT2D eigenvalue weighted by molar-refractivity contribution is 0.231. The summed E-state index contributed by atoms with van der Waals surface area (Å²) in [6.45, 7) is 8.02. The summed E-state index contributed by atoms with van der Waals surface area (Å²) in [4.78, 5) is 2.10. The van der Waals surface area contributed by atoms with Gasteiger partial charge in [-0.1, -0.05) is 13.8 Å². The van der Waals surface area contributed by atoms with Crippen LogP contribution in [0.1, 0.15) is 40.5 Å². The number of hydrogen-bond acceptors (Lipinski definition) is 3.